The Morgan fingerprint density at radius 1 is 1.03 bits per heavy atom. The van der Waals surface area contributed by atoms with Crippen molar-refractivity contribution in [3.63, 3.8) is 0 Å². The molecule has 2 amide bonds. The monoisotopic (exact) mass is 504 g/mol. The van der Waals surface area contributed by atoms with Gasteiger partial charge < -0.3 is 15.4 Å². The molecule has 0 spiro atoms. The summed E-state index contributed by atoms with van der Waals surface area (Å²) in [5.41, 5.74) is 1.45. The van der Waals surface area contributed by atoms with Gasteiger partial charge in [-0.1, -0.05) is 31.2 Å². The molecule has 0 aliphatic heterocycles. The van der Waals surface area contributed by atoms with Crippen molar-refractivity contribution in [1.82, 2.24) is 9.55 Å². The van der Waals surface area contributed by atoms with Crippen LogP contribution in [0, 0.1) is 6.92 Å². The minimum absolute atomic E-state index is 0.285. The van der Waals surface area contributed by atoms with Gasteiger partial charge >= 0.3 is 5.97 Å². The van der Waals surface area contributed by atoms with Crippen LogP contribution in [0.4, 0.5) is 11.4 Å². The van der Waals surface area contributed by atoms with Crippen molar-refractivity contribution in [3.05, 3.63) is 87.3 Å². The highest BCUT2D eigenvalue weighted by atomic mass is 32.1. The summed E-state index contributed by atoms with van der Waals surface area (Å²) in [4.78, 5) is 55.7. The molecule has 36 heavy (non-hydrogen) atoms. The number of amides is 2. The summed E-state index contributed by atoms with van der Waals surface area (Å²) < 4.78 is 6.31. The van der Waals surface area contributed by atoms with E-state index < -0.39 is 17.4 Å². The van der Waals surface area contributed by atoms with Crippen LogP contribution >= 0.6 is 11.3 Å². The normalized spacial score (nSPS) is 10.7. The molecule has 4 aromatic rings. The molecule has 0 aliphatic rings. The van der Waals surface area contributed by atoms with Crippen molar-refractivity contribution in [2.24, 2.45) is 0 Å². The Balaban J connectivity index is 1.51. The van der Waals surface area contributed by atoms with Gasteiger partial charge in [0.05, 0.1) is 28.8 Å². The van der Waals surface area contributed by atoms with E-state index in [4.69, 9.17) is 4.74 Å². The maximum atomic E-state index is 13.1. The van der Waals surface area contributed by atoms with Crippen LogP contribution in [-0.4, -0.2) is 33.9 Å². The van der Waals surface area contributed by atoms with Crippen LogP contribution in [0.15, 0.2) is 65.7 Å². The highest BCUT2D eigenvalue weighted by molar-refractivity contribution is 7.20. The first-order valence-electron chi connectivity index (χ1n) is 11.3. The van der Waals surface area contributed by atoms with Crippen molar-refractivity contribution < 1.29 is 19.1 Å². The summed E-state index contributed by atoms with van der Waals surface area (Å²) in [6.45, 7) is 3.61. The van der Waals surface area contributed by atoms with E-state index in [0.29, 0.717) is 50.6 Å². The standard InChI is InChI=1S/C26H24N4O5S/c1-3-12-35-26(34)17-8-7-11-19(13-17)28-20(31)14-30-15-27-24-21(25(30)33)16(2)22(36-24)23(32)29-18-9-5-4-6-10-18/h4-11,13,15H,3,12,14H2,1-2H3,(H,28,31)(H,29,32). The predicted octanol–water partition coefficient (Wildman–Crippen LogP) is 4.22. The van der Waals surface area contributed by atoms with E-state index in [0.717, 1.165) is 11.3 Å². The van der Waals surface area contributed by atoms with Crippen LogP contribution < -0.4 is 16.2 Å². The molecule has 0 fully saturated rings. The second-order valence-electron chi connectivity index (χ2n) is 8.00. The summed E-state index contributed by atoms with van der Waals surface area (Å²) in [5.74, 6) is -1.27. The van der Waals surface area contributed by atoms with Crippen molar-refractivity contribution in [2.75, 3.05) is 17.2 Å². The van der Waals surface area contributed by atoms with Gasteiger partial charge in [0.15, 0.2) is 0 Å². The van der Waals surface area contributed by atoms with E-state index in [1.54, 1.807) is 37.3 Å². The molecule has 0 saturated heterocycles. The molecular formula is C26H24N4O5S. The van der Waals surface area contributed by atoms with Crippen LogP contribution in [-0.2, 0) is 16.1 Å². The lowest BCUT2D eigenvalue weighted by atomic mass is 10.2. The lowest BCUT2D eigenvalue weighted by Crippen LogP contribution is -2.28. The van der Waals surface area contributed by atoms with Gasteiger partial charge in [0.2, 0.25) is 5.91 Å². The number of para-hydroxylation sites is 1. The third-order valence-corrected chi connectivity index (χ3v) is 6.49. The Hall–Kier alpha value is -4.31. The zero-order valence-corrected chi connectivity index (χ0v) is 20.6. The number of esters is 1. The number of aryl methyl sites for hydroxylation is 1. The molecule has 0 saturated carbocycles. The molecule has 0 radical (unpaired) electrons. The number of carbonyl (C=O) groups is 3. The van der Waals surface area contributed by atoms with Crippen LogP contribution in [0.1, 0.15) is 38.9 Å². The number of ether oxygens (including phenoxy) is 1. The number of aromatic nitrogens is 2. The van der Waals surface area contributed by atoms with Gasteiger partial charge in [0.25, 0.3) is 11.5 Å². The number of hydrogen-bond acceptors (Lipinski definition) is 7. The number of nitrogens with one attached hydrogen (secondary N) is 2. The van der Waals surface area contributed by atoms with Gasteiger partial charge in [-0.2, -0.15) is 0 Å². The molecule has 4 rings (SSSR count). The Labute approximate surface area is 210 Å². The van der Waals surface area contributed by atoms with Crippen molar-refractivity contribution in [3.8, 4) is 0 Å². The number of rotatable bonds is 8. The van der Waals surface area contributed by atoms with Crippen LogP contribution in [0.25, 0.3) is 10.2 Å². The minimum atomic E-state index is -0.473. The fraction of sp³-hybridized carbons (Fsp3) is 0.192. The zero-order valence-electron chi connectivity index (χ0n) is 19.7. The van der Waals surface area contributed by atoms with Gasteiger partial charge in [-0.05, 0) is 49.2 Å². The van der Waals surface area contributed by atoms with Gasteiger partial charge in [0.1, 0.15) is 11.4 Å². The average Bonchev–Trinajstić information content (AvgIpc) is 3.22. The molecule has 10 heteroatoms. The fourth-order valence-electron chi connectivity index (χ4n) is 3.56. The quantitative estimate of drug-likeness (QED) is 0.347. The number of fused-ring (bicyclic) bond motifs is 1. The molecule has 2 N–H and O–H groups in total. The van der Waals surface area contributed by atoms with E-state index >= 15 is 0 Å². The molecule has 9 nitrogen and oxygen atoms in total. The number of anilines is 2. The minimum Gasteiger partial charge on any atom is -0.462 e. The molecular weight excluding hydrogens is 480 g/mol. The first-order valence-corrected chi connectivity index (χ1v) is 12.1. The van der Waals surface area contributed by atoms with E-state index in [2.05, 4.69) is 15.6 Å². The van der Waals surface area contributed by atoms with E-state index in [1.807, 2.05) is 25.1 Å². The largest absolute Gasteiger partial charge is 0.462 e. The van der Waals surface area contributed by atoms with Crippen molar-refractivity contribution >= 4 is 50.7 Å². The maximum absolute atomic E-state index is 13.1. The SMILES string of the molecule is CCCOC(=O)c1cccc(NC(=O)Cn2cnc3sc(C(=O)Nc4ccccc4)c(C)c3c2=O)c1. The Bertz CT molecular complexity index is 1490. The number of carbonyl (C=O) groups excluding carboxylic acids is 3. The lowest BCUT2D eigenvalue weighted by Gasteiger charge is -2.09. The van der Waals surface area contributed by atoms with Crippen molar-refractivity contribution in [2.45, 2.75) is 26.8 Å². The summed E-state index contributed by atoms with van der Waals surface area (Å²) in [5, 5.41) is 5.80. The topological polar surface area (TPSA) is 119 Å². The second kappa shape index (κ2) is 11.0. The Morgan fingerprint density at radius 3 is 2.53 bits per heavy atom. The number of hydrogen-bond donors (Lipinski definition) is 2. The van der Waals surface area contributed by atoms with Crippen LogP contribution in [0.2, 0.25) is 0 Å². The van der Waals surface area contributed by atoms with Gasteiger partial charge in [-0.25, -0.2) is 9.78 Å². The van der Waals surface area contributed by atoms with Crippen LogP contribution in [0.5, 0.6) is 0 Å². The number of nitrogens with zero attached hydrogens (tertiary/aromatic N) is 2. The molecule has 0 aliphatic carbocycles. The molecule has 0 atom stereocenters. The first-order chi connectivity index (χ1) is 17.4. The second-order valence-corrected chi connectivity index (χ2v) is 9.00. The highest BCUT2D eigenvalue weighted by Gasteiger charge is 2.20. The van der Waals surface area contributed by atoms with E-state index in [1.165, 1.54) is 17.0 Å². The molecule has 2 aromatic carbocycles. The average molecular weight is 505 g/mol. The number of benzene rings is 2. The molecule has 2 aromatic heterocycles. The highest BCUT2D eigenvalue weighted by Crippen LogP contribution is 2.27. The fourth-order valence-corrected chi connectivity index (χ4v) is 4.59. The molecule has 184 valence electrons. The maximum Gasteiger partial charge on any atom is 0.338 e. The van der Waals surface area contributed by atoms with Gasteiger partial charge in [-0.15, -0.1) is 11.3 Å². The summed E-state index contributed by atoms with van der Waals surface area (Å²) in [6.07, 6.45) is 2.00. The van der Waals surface area contributed by atoms with Gasteiger partial charge in [-0.3, -0.25) is 19.0 Å². The predicted molar refractivity (Wildman–Crippen MR) is 139 cm³/mol. The van der Waals surface area contributed by atoms with Crippen molar-refractivity contribution in [1.29, 1.82) is 0 Å². The summed E-state index contributed by atoms with van der Waals surface area (Å²) >= 11 is 1.12. The Morgan fingerprint density at radius 2 is 1.78 bits per heavy atom. The third kappa shape index (κ3) is 5.49. The Kier molecular flexibility index (Phi) is 7.55. The van der Waals surface area contributed by atoms with E-state index in [9.17, 15) is 19.2 Å². The summed E-state index contributed by atoms with van der Waals surface area (Å²) in [6, 6.07) is 15.4. The lowest BCUT2D eigenvalue weighted by molar-refractivity contribution is -0.116. The summed E-state index contributed by atoms with van der Waals surface area (Å²) in [7, 11) is 0. The molecule has 2 heterocycles. The van der Waals surface area contributed by atoms with E-state index in [-0.39, 0.29) is 12.5 Å². The third-order valence-electron chi connectivity index (χ3n) is 5.29. The molecule has 0 bridgehead atoms. The van der Waals surface area contributed by atoms with Crippen LogP contribution in [0.3, 0.4) is 0 Å². The zero-order chi connectivity index (χ0) is 25.7. The van der Waals surface area contributed by atoms with Gasteiger partial charge in [0, 0.05) is 11.4 Å². The smallest absolute Gasteiger partial charge is 0.338 e. The number of thiophene rings is 1. The molecule has 0 unspecified atom stereocenters. The first kappa shape index (κ1) is 24.8.